The molecule has 5 heteroatoms. The van der Waals surface area contributed by atoms with Crippen LogP contribution in [0.5, 0.6) is 0 Å². The largest absolute Gasteiger partial charge is 0.350 e. The van der Waals surface area contributed by atoms with E-state index in [1.807, 2.05) is 27.8 Å². The Kier molecular flexibility index (Phi) is 6.61. The summed E-state index contributed by atoms with van der Waals surface area (Å²) < 4.78 is 0. The molecule has 18 heavy (non-hydrogen) atoms. The minimum Gasteiger partial charge on any atom is -0.350 e. The van der Waals surface area contributed by atoms with Crippen molar-refractivity contribution >= 4 is 18.3 Å². The van der Waals surface area contributed by atoms with Gasteiger partial charge >= 0.3 is 0 Å². The number of halogens is 1. The van der Waals surface area contributed by atoms with Gasteiger partial charge in [0.1, 0.15) is 0 Å². The van der Waals surface area contributed by atoms with E-state index < -0.39 is 0 Å². The third kappa shape index (κ3) is 6.57. The second kappa shape index (κ2) is 6.73. The predicted molar refractivity (Wildman–Crippen MR) is 78.2 cm³/mol. The average Bonchev–Trinajstić information content (AvgIpc) is 2.46. The quantitative estimate of drug-likeness (QED) is 0.813. The van der Waals surface area contributed by atoms with Crippen LogP contribution in [-0.4, -0.2) is 49.6 Å². The molecule has 1 saturated heterocycles. The number of hydrogen-bond acceptors (Lipinski definition) is 3. The third-order valence-corrected chi connectivity index (χ3v) is 3.04. The van der Waals surface area contributed by atoms with Gasteiger partial charge < -0.3 is 10.6 Å². The number of carbonyl (C=O) groups excluding carboxylic acids is 1. The summed E-state index contributed by atoms with van der Waals surface area (Å²) in [5.41, 5.74) is 0.174. The molecule has 4 nitrogen and oxygen atoms in total. The van der Waals surface area contributed by atoms with Crippen molar-refractivity contribution in [1.82, 2.24) is 15.5 Å². The van der Waals surface area contributed by atoms with E-state index in [1.165, 1.54) is 6.42 Å². The smallest absolute Gasteiger partial charge is 0.234 e. The van der Waals surface area contributed by atoms with Crippen LogP contribution in [0.1, 0.15) is 34.1 Å². The fourth-order valence-electron chi connectivity index (χ4n) is 2.41. The van der Waals surface area contributed by atoms with Gasteiger partial charge in [0.25, 0.3) is 0 Å². The lowest BCUT2D eigenvalue weighted by molar-refractivity contribution is -0.123. The number of nitrogens with zero attached hydrogens (tertiary/aromatic N) is 1. The van der Waals surface area contributed by atoms with Crippen molar-refractivity contribution in [1.29, 1.82) is 0 Å². The molecule has 0 bridgehead atoms. The molecule has 0 radical (unpaired) electrons. The van der Waals surface area contributed by atoms with Crippen LogP contribution in [-0.2, 0) is 4.79 Å². The van der Waals surface area contributed by atoms with Crippen molar-refractivity contribution < 1.29 is 4.79 Å². The number of carbonyl (C=O) groups is 1. The summed E-state index contributed by atoms with van der Waals surface area (Å²) in [5.74, 6) is 0.106. The van der Waals surface area contributed by atoms with Crippen LogP contribution in [0.15, 0.2) is 0 Å². The summed E-state index contributed by atoms with van der Waals surface area (Å²) in [4.78, 5) is 13.9. The number of hydrogen-bond donors (Lipinski definition) is 2. The lowest BCUT2D eigenvalue weighted by atomic mass is 9.89. The summed E-state index contributed by atoms with van der Waals surface area (Å²) in [7, 11) is 2.02. The van der Waals surface area contributed by atoms with Crippen LogP contribution in [0.2, 0.25) is 0 Å². The van der Waals surface area contributed by atoms with Crippen LogP contribution in [0.3, 0.4) is 0 Å². The second-order valence-electron chi connectivity index (χ2n) is 6.71. The maximum absolute atomic E-state index is 11.8. The summed E-state index contributed by atoms with van der Waals surface area (Å²) >= 11 is 0. The first-order chi connectivity index (χ1) is 7.70. The van der Waals surface area contributed by atoms with E-state index in [0.717, 1.165) is 19.6 Å². The first-order valence-electron chi connectivity index (χ1n) is 6.41. The van der Waals surface area contributed by atoms with Gasteiger partial charge in [-0.2, -0.15) is 0 Å². The highest BCUT2D eigenvalue weighted by atomic mass is 35.5. The van der Waals surface area contributed by atoms with Gasteiger partial charge in [0.2, 0.25) is 5.91 Å². The van der Waals surface area contributed by atoms with E-state index in [9.17, 15) is 4.79 Å². The molecule has 0 aromatic heterocycles. The van der Waals surface area contributed by atoms with E-state index in [-0.39, 0.29) is 23.9 Å². The molecule has 1 unspecified atom stereocenters. The second-order valence-corrected chi connectivity index (χ2v) is 6.71. The molecule has 1 heterocycles. The minimum absolute atomic E-state index is 0. The Morgan fingerprint density at radius 2 is 2.06 bits per heavy atom. The van der Waals surface area contributed by atoms with Crippen LogP contribution < -0.4 is 10.6 Å². The molecule has 1 amide bonds. The lowest BCUT2D eigenvalue weighted by Crippen LogP contribution is -2.47. The van der Waals surface area contributed by atoms with Gasteiger partial charge in [0, 0.05) is 18.6 Å². The van der Waals surface area contributed by atoms with E-state index >= 15 is 0 Å². The zero-order chi connectivity index (χ0) is 13.1. The maximum atomic E-state index is 11.8. The number of nitrogens with one attached hydrogen (secondary N) is 2. The van der Waals surface area contributed by atoms with E-state index in [0.29, 0.717) is 12.0 Å². The SMILES string of the molecule is CN(CC(=O)NC(C)(C)C)CC1(C)CCNC1.Cl. The fraction of sp³-hybridized carbons (Fsp3) is 0.923. The summed E-state index contributed by atoms with van der Waals surface area (Å²) in [6, 6.07) is 0. The van der Waals surface area contributed by atoms with Gasteiger partial charge in [-0.1, -0.05) is 6.92 Å². The van der Waals surface area contributed by atoms with Crippen molar-refractivity contribution in [3.8, 4) is 0 Å². The first kappa shape index (κ1) is 17.7. The molecule has 1 aliphatic heterocycles. The Bertz CT molecular complexity index is 270. The van der Waals surface area contributed by atoms with E-state index in [2.05, 4.69) is 22.5 Å². The van der Waals surface area contributed by atoms with E-state index in [4.69, 9.17) is 0 Å². The molecule has 0 aromatic carbocycles. The van der Waals surface area contributed by atoms with Gasteiger partial charge in [-0.15, -0.1) is 12.4 Å². The Hall–Kier alpha value is -0.320. The summed E-state index contributed by atoms with van der Waals surface area (Å²) in [6.07, 6.45) is 1.19. The van der Waals surface area contributed by atoms with Crippen LogP contribution in [0.25, 0.3) is 0 Å². The topological polar surface area (TPSA) is 44.4 Å². The zero-order valence-corrected chi connectivity index (χ0v) is 13.1. The Balaban J connectivity index is 0.00000289. The summed E-state index contributed by atoms with van der Waals surface area (Å²) in [5, 5.41) is 6.37. The molecular formula is C13H28ClN3O. The molecule has 1 fully saturated rings. The summed E-state index contributed by atoms with van der Waals surface area (Å²) in [6.45, 7) is 11.9. The van der Waals surface area contributed by atoms with Gasteiger partial charge in [0.15, 0.2) is 0 Å². The standard InChI is InChI=1S/C13H27N3O.ClH/c1-12(2,3)15-11(17)8-16(5)10-13(4)6-7-14-9-13;/h14H,6-10H2,1-5H3,(H,15,17);1H. The van der Waals surface area contributed by atoms with Crippen molar-refractivity contribution in [2.75, 3.05) is 33.2 Å². The minimum atomic E-state index is -0.142. The highest BCUT2D eigenvalue weighted by Crippen LogP contribution is 2.24. The first-order valence-corrected chi connectivity index (χ1v) is 6.41. The van der Waals surface area contributed by atoms with Crippen molar-refractivity contribution in [2.45, 2.75) is 39.7 Å². The van der Waals surface area contributed by atoms with Gasteiger partial charge in [-0.25, -0.2) is 0 Å². The van der Waals surface area contributed by atoms with Crippen molar-refractivity contribution in [2.24, 2.45) is 5.41 Å². The average molecular weight is 278 g/mol. The molecule has 1 atom stereocenters. The Morgan fingerprint density at radius 3 is 2.50 bits per heavy atom. The number of amides is 1. The van der Waals surface area contributed by atoms with Gasteiger partial charge in [0.05, 0.1) is 6.54 Å². The molecule has 1 rings (SSSR count). The highest BCUT2D eigenvalue weighted by Gasteiger charge is 2.30. The molecule has 0 aromatic rings. The Morgan fingerprint density at radius 1 is 1.44 bits per heavy atom. The molecule has 0 saturated carbocycles. The van der Waals surface area contributed by atoms with Gasteiger partial charge in [-0.05, 0) is 46.2 Å². The lowest BCUT2D eigenvalue weighted by Gasteiger charge is -2.30. The predicted octanol–water partition coefficient (Wildman–Crippen LogP) is 1.25. The third-order valence-electron chi connectivity index (χ3n) is 3.04. The maximum Gasteiger partial charge on any atom is 0.234 e. The zero-order valence-electron chi connectivity index (χ0n) is 12.3. The van der Waals surface area contributed by atoms with Gasteiger partial charge in [-0.3, -0.25) is 9.69 Å². The van der Waals surface area contributed by atoms with Crippen LogP contribution in [0, 0.1) is 5.41 Å². The normalized spacial score (nSPS) is 23.9. The van der Waals surface area contributed by atoms with Crippen LogP contribution in [0.4, 0.5) is 0 Å². The molecule has 108 valence electrons. The number of likely N-dealkylation sites (N-methyl/N-ethyl adjacent to an activating group) is 1. The van der Waals surface area contributed by atoms with E-state index in [1.54, 1.807) is 0 Å². The highest BCUT2D eigenvalue weighted by molar-refractivity contribution is 5.85. The molecule has 1 aliphatic rings. The monoisotopic (exact) mass is 277 g/mol. The molecule has 0 spiro atoms. The van der Waals surface area contributed by atoms with Crippen molar-refractivity contribution in [3.05, 3.63) is 0 Å². The fourth-order valence-corrected chi connectivity index (χ4v) is 2.41. The van der Waals surface area contributed by atoms with Crippen LogP contribution >= 0.6 is 12.4 Å². The molecule has 2 N–H and O–H groups in total. The molecular weight excluding hydrogens is 250 g/mol. The van der Waals surface area contributed by atoms with Crippen molar-refractivity contribution in [3.63, 3.8) is 0 Å². The Labute approximate surface area is 117 Å². The molecule has 0 aliphatic carbocycles. The number of rotatable bonds is 4.